The Morgan fingerprint density at radius 1 is 0.578 bits per heavy atom. The molecule has 2 aliphatic rings. The van der Waals surface area contributed by atoms with Crippen LogP contribution >= 0.6 is 0 Å². The maximum Gasteiger partial charge on any atom is 0.139 e. The third-order valence-corrected chi connectivity index (χ3v) is 11.0. The molecule has 0 amide bonds. The summed E-state index contributed by atoms with van der Waals surface area (Å²) in [5.74, 6) is 0.276. The molecule has 0 aliphatic carbocycles. The molecule has 2 aliphatic heterocycles. The van der Waals surface area contributed by atoms with E-state index in [4.69, 9.17) is 8.83 Å². The number of benzene rings is 5. The van der Waals surface area contributed by atoms with E-state index in [1.807, 2.05) is 0 Å². The van der Waals surface area contributed by atoms with Crippen LogP contribution < -0.4 is 9.80 Å². The Bertz CT molecular complexity index is 2230. The van der Waals surface area contributed by atoms with Crippen LogP contribution in [0.15, 0.2) is 75.6 Å². The van der Waals surface area contributed by atoms with E-state index in [1.54, 1.807) is 0 Å². The van der Waals surface area contributed by atoms with Gasteiger partial charge in [0.05, 0.1) is 0 Å². The van der Waals surface area contributed by atoms with E-state index < -0.39 is 0 Å². The minimum atomic E-state index is 0.276. The predicted octanol–water partition coefficient (Wildman–Crippen LogP) is 11.7. The molecule has 0 saturated carbocycles. The molecule has 7 aromatic rings. The minimum absolute atomic E-state index is 0.276. The number of nitrogens with zero attached hydrogens (tertiary/aromatic N) is 2. The van der Waals surface area contributed by atoms with Gasteiger partial charge in [-0.3, -0.25) is 0 Å². The van der Waals surface area contributed by atoms with E-state index in [-0.39, 0.29) is 5.92 Å². The van der Waals surface area contributed by atoms with Gasteiger partial charge >= 0.3 is 0 Å². The van der Waals surface area contributed by atoms with E-state index in [0.717, 1.165) is 46.2 Å². The van der Waals surface area contributed by atoms with Gasteiger partial charge in [0.25, 0.3) is 0 Å². The van der Waals surface area contributed by atoms with Gasteiger partial charge in [0.15, 0.2) is 0 Å². The van der Waals surface area contributed by atoms with Crippen molar-refractivity contribution in [3.63, 3.8) is 0 Å². The summed E-state index contributed by atoms with van der Waals surface area (Å²) in [4.78, 5) is 5.14. The monoisotopic (exact) mass is 594 g/mol. The van der Waals surface area contributed by atoms with Gasteiger partial charge in [-0.2, -0.15) is 0 Å². The lowest BCUT2D eigenvalue weighted by Gasteiger charge is -2.35. The molecule has 0 radical (unpaired) electrons. The summed E-state index contributed by atoms with van der Waals surface area (Å²) in [5.41, 5.74) is 7.71. The second-order valence-corrected chi connectivity index (χ2v) is 14.2. The van der Waals surface area contributed by atoms with E-state index in [1.165, 1.54) is 87.8 Å². The first-order valence-corrected chi connectivity index (χ1v) is 17.2. The maximum atomic E-state index is 6.81. The number of piperidine rings is 2. The van der Waals surface area contributed by atoms with Crippen molar-refractivity contribution in [1.29, 1.82) is 0 Å². The molecule has 4 heterocycles. The molecule has 9 rings (SSSR count). The Hall–Kier alpha value is -4.18. The first-order valence-electron chi connectivity index (χ1n) is 17.2. The fourth-order valence-electron chi connectivity index (χ4n) is 8.53. The number of rotatable bonds is 3. The van der Waals surface area contributed by atoms with Gasteiger partial charge in [-0.15, -0.1) is 0 Å². The highest BCUT2D eigenvalue weighted by Crippen LogP contribution is 2.45. The average molecular weight is 595 g/mol. The molecule has 4 heteroatoms. The third-order valence-electron chi connectivity index (χ3n) is 11.0. The average Bonchev–Trinajstić information content (AvgIpc) is 3.57. The lowest BCUT2D eigenvalue weighted by Crippen LogP contribution is -2.37. The normalized spacial score (nSPS) is 19.8. The van der Waals surface area contributed by atoms with Crippen LogP contribution in [0.5, 0.6) is 0 Å². The number of furan rings is 2. The molecule has 45 heavy (non-hydrogen) atoms. The Balaban J connectivity index is 1.22. The van der Waals surface area contributed by atoms with Gasteiger partial charge in [-0.25, -0.2) is 0 Å². The van der Waals surface area contributed by atoms with Crippen LogP contribution in [0.25, 0.3) is 65.4 Å². The molecule has 2 fully saturated rings. The Morgan fingerprint density at radius 2 is 1.16 bits per heavy atom. The second kappa shape index (κ2) is 10.2. The summed E-state index contributed by atoms with van der Waals surface area (Å²) in [6, 6.07) is 26.5. The summed E-state index contributed by atoms with van der Waals surface area (Å²) < 4.78 is 13.5. The topological polar surface area (TPSA) is 32.8 Å². The highest BCUT2D eigenvalue weighted by Gasteiger charge is 2.24. The van der Waals surface area contributed by atoms with Crippen molar-refractivity contribution >= 4 is 76.8 Å². The van der Waals surface area contributed by atoms with Gasteiger partial charge < -0.3 is 18.6 Å². The molecule has 2 unspecified atom stereocenters. The fourth-order valence-corrected chi connectivity index (χ4v) is 8.53. The molecule has 4 nitrogen and oxygen atoms in total. The Kier molecular flexibility index (Phi) is 6.14. The number of anilines is 2. The SMILES string of the molecule is CC(C)c1c2oc3cc4cc(N5CCCCC5C)ccc4cc3c2cc2oc3cc4cc(N5CCCCC5C)ccc4cc3c12. The van der Waals surface area contributed by atoms with E-state index in [9.17, 15) is 0 Å². The summed E-state index contributed by atoms with van der Waals surface area (Å²) in [7, 11) is 0. The van der Waals surface area contributed by atoms with Crippen molar-refractivity contribution in [3.8, 4) is 0 Å². The molecule has 0 N–H and O–H groups in total. The summed E-state index contributed by atoms with van der Waals surface area (Å²) in [5, 5.41) is 9.64. The van der Waals surface area contributed by atoms with Crippen molar-refractivity contribution in [3.05, 3.63) is 72.3 Å². The molecular formula is C41H42N2O2. The zero-order valence-electron chi connectivity index (χ0n) is 27.0. The lowest BCUT2D eigenvalue weighted by molar-refractivity contribution is 0.485. The van der Waals surface area contributed by atoms with Crippen molar-refractivity contribution < 1.29 is 8.83 Å². The first kappa shape index (κ1) is 27.2. The Morgan fingerprint density at radius 3 is 1.73 bits per heavy atom. The number of hydrogen-bond acceptors (Lipinski definition) is 4. The van der Waals surface area contributed by atoms with E-state index >= 15 is 0 Å². The molecule has 2 aromatic heterocycles. The number of hydrogen-bond donors (Lipinski definition) is 0. The maximum absolute atomic E-state index is 6.81. The molecule has 2 atom stereocenters. The van der Waals surface area contributed by atoms with Crippen LogP contribution in [0.3, 0.4) is 0 Å². The van der Waals surface area contributed by atoms with Gasteiger partial charge in [0, 0.05) is 63.7 Å². The highest BCUT2D eigenvalue weighted by atomic mass is 16.3. The molecule has 0 bridgehead atoms. The minimum Gasteiger partial charge on any atom is -0.456 e. The van der Waals surface area contributed by atoms with Crippen LogP contribution in [-0.2, 0) is 0 Å². The zero-order valence-corrected chi connectivity index (χ0v) is 27.0. The quantitative estimate of drug-likeness (QED) is 0.204. The molecule has 0 spiro atoms. The van der Waals surface area contributed by atoms with Gasteiger partial charge in [-0.05, 0) is 134 Å². The van der Waals surface area contributed by atoms with Crippen LogP contribution in [0.4, 0.5) is 11.4 Å². The van der Waals surface area contributed by atoms with Gasteiger partial charge in [-0.1, -0.05) is 26.0 Å². The van der Waals surface area contributed by atoms with Crippen molar-refractivity contribution in [2.45, 2.75) is 84.2 Å². The standard InChI is InChI=1S/C41H42N2O2/c1-24(2)39-40-35-20-28-12-14-32(43-16-8-6-10-26(43)4)18-30(28)22-37(35)44-38(40)23-34-33-19-27-11-13-31(42-15-7-5-9-25(42)3)17-29(27)21-36(33)45-41(34)39/h11-14,17-26H,5-10,15-16H2,1-4H3. The fraction of sp³-hybridized carbons (Fsp3) is 0.366. The molecule has 2 saturated heterocycles. The van der Waals surface area contributed by atoms with E-state index in [2.05, 4.69) is 104 Å². The van der Waals surface area contributed by atoms with Crippen LogP contribution in [0, 0.1) is 0 Å². The summed E-state index contributed by atoms with van der Waals surface area (Å²) >= 11 is 0. The largest absolute Gasteiger partial charge is 0.456 e. The molecule has 228 valence electrons. The second-order valence-electron chi connectivity index (χ2n) is 14.2. The van der Waals surface area contributed by atoms with Crippen molar-refractivity contribution in [2.75, 3.05) is 22.9 Å². The van der Waals surface area contributed by atoms with E-state index in [0.29, 0.717) is 12.1 Å². The van der Waals surface area contributed by atoms with Gasteiger partial charge in [0.1, 0.15) is 22.3 Å². The third kappa shape index (κ3) is 4.25. The molecular weight excluding hydrogens is 552 g/mol. The lowest BCUT2D eigenvalue weighted by atomic mass is 9.93. The highest BCUT2D eigenvalue weighted by molar-refractivity contribution is 6.20. The summed E-state index contributed by atoms with van der Waals surface area (Å²) in [6.45, 7) is 11.5. The van der Waals surface area contributed by atoms with Crippen LogP contribution in [0.2, 0.25) is 0 Å². The number of fused-ring (bicyclic) bond motifs is 8. The first-order chi connectivity index (χ1) is 21.9. The zero-order chi connectivity index (χ0) is 30.4. The smallest absolute Gasteiger partial charge is 0.139 e. The van der Waals surface area contributed by atoms with Crippen molar-refractivity contribution in [1.82, 2.24) is 0 Å². The molecule has 5 aromatic carbocycles. The van der Waals surface area contributed by atoms with Crippen molar-refractivity contribution in [2.24, 2.45) is 0 Å². The predicted molar refractivity (Wildman–Crippen MR) is 191 cm³/mol. The summed E-state index contributed by atoms with van der Waals surface area (Å²) in [6.07, 6.45) is 7.74. The van der Waals surface area contributed by atoms with Gasteiger partial charge in [0.2, 0.25) is 0 Å². The van der Waals surface area contributed by atoms with Crippen LogP contribution in [-0.4, -0.2) is 25.2 Å². The Labute approximate surface area is 264 Å². The van der Waals surface area contributed by atoms with Crippen LogP contribution in [0.1, 0.15) is 77.7 Å².